The average Bonchev–Trinajstić information content (AvgIpc) is 3.55. The number of amides is 2. The summed E-state index contributed by atoms with van der Waals surface area (Å²) in [5.74, 6) is -4.25. The molecule has 0 spiro atoms. The standard InChI is InChI=1S/C32H34N2O13/c1-15(25(30(38)39)33-31(40)42-13-23-21-11-7-5-9-19(21)20-10-6-8-12-22(20)23)44-29-28(47-18(4)37)27(46-17(3)36)26(45-16(2)35)24-14-43-32(41)34(24)29/h5-12,15,23-29H,13-14H2,1-4H3,(H,33,40)(H,38,39)/t15-,24-,25+,26+,27+,28-,29-/m1/s1. The van der Waals surface area contributed by atoms with E-state index in [4.69, 9.17) is 28.4 Å². The Morgan fingerprint density at radius 3 is 1.96 bits per heavy atom. The zero-order chi connectivity index (χ0) is 34.0. The van der Waals surface area contributed by atoms with E-state index in [1.807, 2.05) is 48.5 Å². The highest BCUT2D eigenvalue weighted by molar-refractivity contribution is 5.81. The van der Waals surface area contributed by atoms with Crippen LogP contribution in [0.2, 0.25) is 0 Å². The van der Waals surface area contributed by atoms with Gasteiger partial charge in [0.15, 0.2) is 30.6 Å². The van der Waals surface area contributed by atoms with E-state index < -0.39 is 78.8 Å². The molecule has 250 valence electrons. The number of piperidine rings is 1. The molecule has 2 heterocycles. The minimum absolute atomic E-state index is 0.0819. The van der Waals surface area contributed by atoms with E-state index in [1.54, 1.807) is 0 Å². The lowest BCUT2D eigenvalue weighted by atomic mass is 9.92. The van der Waals surface area contributed by atoms with Crippen LogP contribution in [0.5, 0.6) is 0 Å². The van der Waals surface area contributed by atoms with Gasteiger partial charge in [-0.2, -0.15) is 0 Å². The topological polar surface area (TPSA) is 193 Å². The van der Waals surface area contributed by atoms with E-state index in [2.05, 4.69) is 5.32 Å². The number of rotatable bonds is 10. The van der Waals surface area contributed by atoms with Gasteiger partial charge in [0.1, 0.15) is 19.3 Å². The second kappa shape index (κ2) is 13.7. The first-order valence-corrected chi connectivity index (χ1v) is 14.8. The van der Waals surface area contributed by atoms with Gasteiger partial charge in [0.05, 0.1) is 6.10 Å². The van der Waals surface area contributed by atoms with Crippen LogP contribution in [-0.2, 0) is 47.6 Å². The molecule has 47 heavy (non-hydrogen) atoms. The molecule has 2 aromatic carbocycles. The summed E-state index contributed by atoms with van der Waals surface area (Å²) < 4.78 is 32.9. The number of carbonyl (C=O) groups excluding carboxylic acids is 5. The molecule has 0 saturated carbocycles. The van der Waals surface area contributed by atoms with Crippen LogP contribution in [-0.4, -0.2) is 102 Å². The van der Waals surface area contributed by atoms with Crippen molar-refractivity contribution in [1.29, 1.82) is 0 Å². The minimum atomic E-state index is -1.72. The number of hydrogen-bond donors (Lipinski definition) is 2. The lowest BCUT2D eigenvalue weighted by Gasteiger charge is -2.47. The second-order valence-electron chi connectivity index (χ2n) is 11.3. The van der Waals surface area contributed by atoms with Crippen LogP contribution in [0.25, 0.3) is 11.1 Å². The summed E-state index contributed by atoms with van der Waals surface area (Å²) in [4.78, 5) is 75.5. The fraction of sp³-hybridized carbons (Fsp3) is 0.438. The molecule has 0 radical (unpaired) electrons. The Kier molecular flexibility index (Phi) is 9.65. The van der Waals surface area contributed by atoms with Crippen molar-refractivity contribution in [2.45, 2.75) is 76.3 Å². The first kappa shape index (κ1) is 33.2. The summed E-state index contributed by atoms with van der Waals surface area (Å²) in [7, 11) is 0. The van der Waals surface area contributed by atoms with E-state index in [-0.39, 0.29) is 19.1 Å². The van der Waals surface area contributed by atoms with Crippen molar-refractivity contribution in [3.63, 3.8) is 0 Å². The molecule has 0 bridgehead atoms. The summed E-state index contributed by atoms with van der Waals surface area (Å²) >= 11 is 0. The second-order valence-corrected chi connectivity index (χ2v) is 11.3. The lowest BCUT2D eigenvalue weighted by molar-refractivity contribution is -0.247. The first-order chi connectivity index (χ1) is 22.4. The third-order valence-electron chi connectivity index (χ3n) is 8.14. The number of fused-ring (bicyclic) bond motifs is 4. The minimum Gasteiger partial charge on any atom is -0.480 e. The fourth-order valence-corrected chi connectivity index (χ4v) is 6.29. The maximum absolute atomic E-state index is 13.0. The Balaban J connectivity index is 1.35. The number of carboxylic acids is 1. The molecule has 0 aromatic heterocycles. The average molecular weight is 655 g/mol. The Bertz CT molecular complexity index is 1530. The van der Waals surface area contributed by atoms with E-state index >= 15 is 0 Å². The first-order valence-electron chi connectivity index (χ1n) is 14.8. The maximum atomic E-state index is 13.0. The van der Waals surface area contributed by atoms with Crippen LogP contribution in [0.4, 0.5) is 9.59 Å². The molecule has 2 aliphatic heterocycles. The molecule has 2 fully saturated rings. The van der Waals surface area contributed by atoms with Crippen molar-refractivity contribution in [2.24, 2.45) is 0 Å². The predicted molar refractivity (Wildman–Crippen MR) is 158 cm³/mol. The van der Waals surface area contributed by atoms with Gasteiger partial charge in [-0.05, 0) is 29.2 Å². The third-order valence-corrected chi connectivity index (χ3v) is 8.14. The van der Waals surface area contributed by atoms with Crippen LogP contribution < -0.4 is 5.32 Å². The van der Waals surface area contributed by atoms with Crippen molar-refractivity contribution in [3.8, 4) is 11.1 Å². The van der Waals surface area contributed by atoms with Crippen LogP contribution >= 0.6 is 0 Å². The number of cyclic esters (lactones) is 1. The molecule has 0 unspecified atom stereocenters. The largest absolute Gasteiger partial charge is 0.480 e. The number of carbonyl (C=O) groups is 6. The molecule has 15 nitrogen and oxygen atoms in total. The molecular formula is C32H34N2O13. The number of hydrogen-bond acceptors (Lipinski definition) is 12. The number of carboxylic acid groups (broad SMARTS) is 1. The highest BCUT2D eigenvalue weighted by atomic mass is 16.6. The Morgan fingerprint density at radius 2 is 1.40 bits per heavy atom. The van der Waals surface area contributed by atoms with Gasteiger partial charge < -0.3 is 38.8 Å². The van der Waals surface area contributed by atoms with Crippen LogP contribution in [0, 0.1) is 0 Å². The van der Waals surface area contributed by atoms with Gasteiger partial charge >= 0.3 is 36.1 Å². The van der Waals surface area contributed by atoms with Gasteiger partial charge in [-0.25, -0.2) is 14.4 Å². The summed E-state index contributed by atoms with van der Waals surface area (Å²) in [6.07, 6.45) is -9.35. The van der Waals surface area contributed by atoms with Crippen molar-refractivity contribution in [3.05, 3.63) is 59.7 Å². The van der Waals surface area contributed by atoms with Gasteiger partial charge in [-0.15, -0.1) is 0 Å². The molecule has 2 N–H and O–H groups in total. The maximum Gasteiger partial charge on any atom is 0.412 e. The number of esters is 3. The molecule has 2 aromatic rings. The fourth-order valence-electron chi connectivity index (χ4n) is 6.29. The predicted octanol–water partition coefficient (Wildman–Crippen LogP) is 2.34. The van der Waals surface area contributed by atoms with Gasteiger partial charge in [0, 0.05) is 26.7 Å². The number of nitrogens with one attached hydrogen (secondary N) is 1. The van der Waals surface area contributed by atoms with Crippen LogP contribution in [0.3, 0.4) is 0 Å². The zero-order valence-corrected chi connectivity index (χ0v) is 25.9. The quantitative estimate of drug-likeness (QED) is 0.280. The number of ether oxygens (including phenoxy) is 6. The molecule has 7 atom stereocenters. The zero-order valence-electron chi connectivity index (χ0n) is 25.9. The molecular weight excluding hydrogens is 620 g/mol. The number of benzene rings is 2. The van der Waals surface area contributed by atoms with E-state index in [0.29, 0.717) is 0 Å². The van der Waals surface area contributed by atoms with E-state index in [0.717, 1.165) is 47.9 Å². The Hall–Kier alpha value is -5.18. The van der Waals surface area contributed by atoms with Crippen molar-refractivity contribution >= 4 is 36.1 Å². The van der Waals surface area contributed by atoms with Crippen LogP contribution in [0.1, 0.15) is 44.7 Å². The number of nitrogens with zero attached hydrogens (tertiary/aromatic N) is 1. The Labute approximate surface area is 269 Å². The van der Waals surface area contributed by atoms with E-state index in [1.165, 1.54) is 6.92 Å². The Morgan fingerprint density at radius 1 is 0.872 bits per heavy atom. The summed E-state index contributed by atoms with van der Waals surface area (Å²) in [5, 5.41) is 12.4. The third kappa shape index (κ3) is 6.84. The van der Waals surface area contributed by atoms with Crippen molar-refractivity contribution < 1.29 is 62.3 Å². The van der Waals surface area contributed by atoms with Crippen molar-refractivity contribution in [2.75, 3.05) is 13.2 Å². The smallest absolute Gasteiger partial charge is 0.412 e. The molecule has 15 heteroatoms. The lowest BCUT2D eigenvalue weighted by Crippen LogP contribution is -2.69. The summed E-state index contributed by atoms with van der Waals surface area (Å²) in [6.45, 7) is 4.15. The molecule has 5 rings (SSSR count). The number of aliphatic carboxylic acids is 1. The monoisotopic (exact) mass is 654 g/mol. The van der Waals surface area contributed by atoms with Gasteiger partial charge in [0.25, 0.3) is 0 Å². The SMILES string of the molecule is CC(=O)O[C@H]1[C@@H](OC(C)=O)[C@H]2COC(=O)N2[C@H](O[C@H](C)[C@H](NC(=O)OCC2c3ccccc3-c3ccccc32)C(=O)O)[C@@H]1OC(C)=O. The summed E-state index contributed by atoms with van der Waals surface area (Å²) in [6, 6.07) is 12.6. The highest BCUT2D eigenvalue weighted by Crippen LogP contribution is 2.44. The van der Waals surface area contributed by atoms with Crippen LogP contribution in [0.15, 0.2) is 48.5 Å². The number of alkyl carbamates (subject to hydrolysis) is 1. The van der Waals surface area contributed by atoms with E-state index in [9.17, 15) is 33.9 Å². The molecule has 2 amide bonds. The van der Waals surface area contributed by atoms with Crippen molar-refractivity contribution in [1.82, 2.24) is 10.2 Å². The molecule has 2 saturated heterocycles. The molecule has 3 aliphatic rings. The molecule has 1 aliphatic carbocycles. The van der Waals surface area contributed by atoms with Gasteiger partial charge in [-0.1, -0.05) is 48.5 Å². The van der Waals surface area contributed by atoms with Gasteiger partial charge in [-0.3, -0.25) is 19.3 Å². The highest BCUT2D eigenvalue weighted by Gasteiger charge is 2.60. The summed E-state index contributed by atoms with van der Waals surface area (Å²) in [5.41, 5.74) is 3.95. The normalized spacial score (nSPS) is 24.0. The van der Waals surface area contributed by atoms with Gasteiger partial charge in [0.2, 0.25) is 0 Å².